The first-order valence-corrected chi connectivity index (χ1v) is 8.42. The number of amides is 1. The summed E-state index contributed by atoms with van der Waals surface area (Å²) < 4.78 is 1.08. The number of rotatable bonds is 2. The maximum atomic E-state index is 12.8. The Labute approximate surface area is 146 Å². The van der Waals surface area contributed by atoms with Crippen LogP contribution >= 0.6 is 35.0 Å². The molecule has 2 fully saturated rings. The summed E-state index contributed by atoms with van der Waals surface area (Å²) in [6.07, 6.45) is 4.73. The molecule has 2 unspecified atom stereocenters. The summed E-state index contributed by atoms with van der Waals surface area (Å²) in [5.74, 6) is 0.171. The van der Waals surface area contributed by atoms with Gasteiger partial charge in [0.25, 0.3) is 5.91 Å². The van der Waals surface area contributed by atoms with Crippen molar-refractivity contribution in [3.05, 3.63) is 32.9 Å². The number of aryl methyl sites for hydroxylation is 1. The lowest BCUT2D eigenvalue weighted by Gasteiger charge is -2.35. The van der Waals surface area contributed by atoms with E-state index in [1.807, 2.05) is 24.1 Å². The van der Waals surface area contributed by atoms with Crippen LogP contribution < -0.4 is 5.32 Å². The number of hydrogen-bond acceptors (Lipinski definition) is 2. The highest BCUT2D eigenvalue weighted by Crippen LogP contribution is 2.30. The van der Waals surface area contributed by atoms with Gasteiger partial charge in [0, 0.05) is 28.7 Å². The maximum absolute atomic E-state index is 12.8. The number of hydrogen-bond donors (Lipinski definition) is 1. The van der Waals surface area contributed by atoms with E-state index in [2.05, 4.69) is 40.9 Å². The number of nitrogens with one attached hydrogen (secondary N) is 1. The second-order valence-corrected chi connectivity index (χ2v) is 7.19. The van der Waals surface area contributed by atoms with Crippen LogP contribution in [-0.4, -0.2) is 36.0 Å². The maximum Gasteiger partial charge on any atom is 0.254 e. The predicted molar refractivity (Wildman–Crippen MR) is 96.2 cm³/mol. The van der Waals surface area contributed by atoms with E-state index in [-0.39, 0.29) is 18.3 Å². The molecule has 0 aromatic heterocycles. The highest BCUT2D eigenvalue weighted by molar-refractivity contribution is 14.1. The van der Waals surface area contributed by atoms with Crippen LogP contribution in [0.1, 0.15) is 41.6 Å². The number of nitrogens with zero attached hydrogens (tertiary/aromatic N) is 1. The van der Waals surface area contributed by atoms with Gasteiger partial charge in [0.1, 0.15) is 0 Å². The van der Waals surface area contributed by atoms with Gasteiger partial charge in [-0.15, -0.1) is 12.4 Å². The Kier molecular flexibility index (Phi) is 5.54. The Hall–Kier alpha value is -0.330. The fraction of sp³-hybridized carbons (Fsp3) is 0.562. The number of piperidine rings is 1. The standard InChI is InChI=1S/C16H21IN2O.ClH/c1-10-4-3-5-14(15(10)17)16(20)19(2)13-8-11-6-7-12(9-13)18-11;/h3-5,11-13,18H,6-9H2,1-2H3;1H. The zero-order valence-corrected chi connectivity index (χ0v) is 15.4. The zero-order chi connectivity index (χ0) is 14.3. The summed E-state index contributed by atoms with van der Waals surface area (Å²) in [5, 5.41) is 3.63. The second kappa shape index (κ2) is 6.84. The van der Waals surface area contributed by atoms with Crippen molar-refractivity contribution in [1.29, 1.82) is 0 Å². The zero-order valence-electron chi connectivity index (χ0n) is 12.4. The van der Waals surface area contributed by atoms with E-state index in [0.717, 1.165) is 22.0 Å². The van der Waals surface area contributed by atoms with Crippen LogP contribution in [0.2, 0.25) is 0 Å². The molecule has 116 valence electrons. The monoisotopic (exact) mass is 420 g/mol. The van der Waals surface area contributed by atoms with E-state index >= 15 is 0 Å². The molecule has 2 bridgehead atoms. The summed E-state index contributed by atoms with van der Waals surface area (Å²) in [6.45, 7) is 2.06. The molecule has 1 amide bonds. The van der Waals surface area contributed by atoms with E-state index < -0.39 is 0 Å². The molecule has 0 saturated carbocycles. The first-order valence-electron chi connectivity index (χ1n) is 7.34. The Balaban J connectivity index is 0.00000161. The molecule has 2 saturated heterocycles. The molecule has 1 aromatic rings. The number of benzene rings is 1. The molecule has 5 heteroatoms. The van der Waals surface area contributed by atoms with Crippen molar-refractivity contribution in [3.63, 3.8) is 0 Å². The Morgan fingerprint density at radius 3 is 2.52 bits per heavy atom. The van der Waals surface area contributed by atoms with Gasteiger partial charge in [-0.25, -0.2) is 0 Å². The lowest BCUT2D eigenvalue weighted by molar-refractivity contribution is 0.0680. The third kappa shape index (κ3) is 3.37. The summed E-state index contributed by atoms with van der Waals surface area (Å²) in [5.41, 5.74) is 2.02. The van der Waals surface area contributed by atoms with Crippen LogP contribution in [-0.2, 0) is 0 Å². The van der Waals surface area contributed by atoms with Gasteiger partial charge in [-0.3, -0.25) is 4.79 Å². The molecule has 0 radical (unpaired) electrons. The average molecular weight is 421 g/mol. The predicted octanol–water partition coefficient (Wildman–Crippen LogP) is 3.38. The SMILES string of the molecule is Cc1cccc(C(=O)N(C)C2CC3CCC(C2)N3)c1I.Cl. The number of carbonyl (C=O) groups is 1. The topological polar surface area (TPSA) is 32.3 Å². The van der Waals surface area contributed by atoms with Gasteiger partial charge >= 0.3 is 0 Å². The van der Waals surface area contributed by atoms with E-state index in [4.69, 9.17) is 0 Å². The molecular weight excluding hydrogens is 399 g/mol. The van der Waals surface area contributed by atoms with Gasteiger partial charge in [0.2, 0.25) is 0 Å². The quantitative estimate of drug-likeness (QED) is 0.744. The fourth-order valence-electron chi connectivity index (χ4n) is 3.51. The molecule has 0 aliphatic carbocycles. The van der Waals surface area contributed by atoms with Crippen LogP contribution in [0.4, 0.5) is 0 Å². The lowest BCUT2D eigenvalue weighted by Crippen LogP contribution is -2.48. The minimum atomic E-state index is 0. The largest absolute Gasteiger partial charge is 0.339 e. The summed E-state index contributed by atoms with van der Waals surface area (Å²) in [6, 6.07) is 7.60. The molecular formula is C16H22ClIN2O. The smallest absolute Gasteiger partial charge is 0.254 e. The van der Waals surface area contributed by atoms with Gasteiger partial charge in [-0.05, 0) is 66.8 Å². The molecule has 2 atom stereocenters. The van der Waals surface area contributed by atoms with Crippen LogP contribution in [0.15, 0.2) is 18.2 Å². The number of halogens is 2. The summed E-state index contributed by atoms with van der Waals surface area (Å²) in [4.78, 5) is 14.7. The Morgan fingerprint density at radius 1 is 1.29 bits per heavy atom. The minimum Gasteiger partial charge on any atom is -0.339 e. The molecule has 2 aliphatic heterocycles. The van der Waals surface area contributed by atoms with E-state index in [0.29, 0.717) is 18.1 Å². The van der Waals surface area contributed by atoms with Gasteiger partial charge in [-0.2, -0.15) is 0 Å². The molecule has 2 aliphatic rings. The highest BCUT2D eigenvalue weighted by atomic mass is 127. The molecule has 21 heavy (non-hydrogen) atoms. The van der Waals surface area contributed by atoms with Crippen molar-refractivity contribution in [3.8, 4) is 0 Å². The summed E-state index contributed by atoms with van der Waals surface area (Å²) in [7, 11) is 1.97. The van der Waals surface area contributed by atoms with Gasteiger partial charge < -0.3 is 10.2 Å². The lowest BCUT2D eigenvalue weighted by atomic mass is 9.98. The molecule has 3 nitrogen and oxygen atoms in total. The minimum absolute atomic E-state index is 0. The third-order valence-electron chi connectivity index (χ3n) is 4.74. The first-order chi connectivity index (χ1) is 9.56. The van der Waals surface area contributed by atoms with Crippen molar-refractivity contribution >= 4 is 40.9 Å². The Bertz CT molecular complexity index is 525. The van der Waals surface area contributed by atoms with Gasteiger partial charge in [0.05, 0.1) is 5.56 Å². The van der Waals surface area contributed by atoms with Crippen molar-refractivity contribution in [2.45, 2.75) is 50.7 Å². The van der Waals surface area contributed by atoms with Crippen molar-refractivity contribution in [2.75, 3.05) is 7.05 Å². The number of carbonyl (C=O) groups excluding carboxylic acids is 1. The fourth-order valence-corrected chi connectivity index (χ4v) is 4.10. The number of fused-ring (bicyclic) bond motifs is 2. The molecule has 1 N–H and O–H groups in total. The van der Waals surface area contributed by atoms with Gasteiger partial charge in [0.15, 0.2) is 0 Å². The van der Waals surface area contributed by atoms with E-state index in [1.54, 1.807) is 0 Å². The highest BCUT2D eigenvalue weighted by Gasteiger charge is 2.36. The van der Waals surface area contributed by atoms with Crippen LogP contribution in [0.5, 0.6) is 0 Å². The molecule has 2 heterocycles. The van der Waals surface area contributed by atoms with Crippen molar-refractivity contribution in [1.82, 2.24) is 10.2 Å². The van der Waals surface area contributed by atoms with Crippen LogP contribution in [0, 0.1) is 10.5 Å². The molecule has 0 spiro atoms. The van der Waals surface area contributed by atoms with Crippen molar-refractivity contribution < 1.29 is 4.79 Å². The molecule has 3 rings (SSSR count). The Morgan fingerprint density at radius 2 is 1.90 bits per heavy atom. The van der Waals surface area contributed by atoms with Crippen molar-refractivity contribution in [2.24, 2.45) is 0 Å². The van der Waals surface area contributed by atoms with Gasteiger partial charge in [-0.1, -0.05) is 12.1 Å². The average Bonchev–Trinajstić information content (AvgIpc) is 2.79. The van der Waals surface area contributed by atoms with Crippen LogP contribution in [0.25, 0.3) is 0 Å². The van der Waals surface area contributed by atoms with E-state index in [9.17, 15) is 4.79 Å². The van der Waals surface area contributed by atoms with Crippen LogP contribution in [0.3, 0.4) is 0 Å². The van der Waals surface area contributed by atoms with E-state index in [1.165, 1.54) is 18.4 Å². The normalized spacial score (nSPS) is 27.1. The summed E-state index contributed by atoms with van der Waals surface area (Å²) >= 11 is 2.28. The molecule has 1 aromatic carbocycles. The third-order valence-corrected chi connectivity index (χ3v) is 6.17. The first kappa shape index (κ1) is 17.0. The second-order valence-electron chi connectivity index (χ2n) is 6.12.